The Kier molecular flexibility index (Phi) is 4.06. The Bertz CT molecular complexity index is 565. The van der Waals surface area contributed by atoms with Gasteiger partial charge in [0.05, 0.1) is 30.5 Å². The first-order chi connectivity index (χ1) is 10.3. The minimum atomic E-state index is -1.21. The van der Waals surface area contributed by atoms with Crippen LogP contribution >= 0.6 is 0 Å². The van der Waals surface area contributed by atoms with Crippen LogP contribution in [0.3, 0.4) is 0 Å². The molecule has 1 fully saturated rings. The largest absolute Gasteiger partial charge is 0.467 e. The van der Waals surface area contributed by atoms with Crippen LogP contribution in [0.1, 0.15) is 49.3 Å². The van der Waals surface area contributed by atoms with Crippen LogP contribution in [0.2, 0.25) is 0 Å². The maximum Gasteiger partial charge on any atom is 0.258 e. The van der Waals surface area contributed by atoms with Crippen LogP contribution in [0, 0.1) is 0 Å². The Hall–Kier alpha value is -2.08. The van der Waals surface area contributed by atoms with Gasteiger partial charge in [-0.25, -0.2) is 4.98 Å². The van der Waals surface area contributed by atoms with Crippen LogP contribution in [-0.2, 0) is 4.79 Å². The molecule has 0 spiro atoms. The first kappa shape index (κ1) is 13.9. The summed E-state index contributed by atoms with van der Waals surface area (Å²) >= 11 is 0. The van der Waals surface area contributed by atoms with Crippen molar-refractivity contribution >= 4 is 5.91 Å². The molecule has 2 atom stereocenters. The Balaban J connectivity index is 1.84. The van der Waals surface area contributed by atoms with Gasteiger partial charge in [-0.1, -0.05) is 12.8 Å². The van der Waals surface area contributed by atoms with Gasteiger partial charge in [0.15, 0.2) is 6.10 Å². The third-order valence-corrected chi connectivity index (χ3v) is 3.96. The molecule has 3 heterocycles. The number of furan rings is 1. The van der Waals surface area contributed by atoms with Crippen LogP contribution in [0.5, 0.6) is 0 Å². The van der Waals surface area contributed by atoms with E-state index in [4.69, 9.17) is 4.42 Å². The number of aromatic amines is 1. The highest BCUT2D eigenvalue weighted by Gasteiger charge is 2.33. The minimum absolute atomic E-state index is 0.104. The normalized spacial score (nSPS) is 21.0. The standard InChI is InChI=1S/C15H19N3O3/c19-14(11-9-16-10-17-11)15(20)18-7-3-1-2-5-12(18)13-6-4-8-21-13/h4,6,8-10,12,14,19H,1-3,5,7H2,(H,16,17). The highest BCUT2D eigenvalue weighted by molar-refractivity contribution is 5.82. The van der Waals surface area contributed by atoms with E-state index in [1.807, 2.05) is 12.1 Å². The third-order valence-electron chi connectivity index (χ3n) is 3.96. The molecule has 2 N–H and O–H groups in total. The van der Waals surface area contributed by atoms with Gasteiger partial charge in [-0.15, -0.1) is 0 Å². The number of aliphatic hydroxyl groups excluding tert-OH is 1. The smallest absolute Gasteiger partial charge is 0.258 e. The maximum absolute atomic E-state index is 12.6. The monoisotopic (exact) mass is 289 g/mol. The molecule has 0 saturated carbocycles. The summed E-state index contributed by atoms with van der Waals surface area (Å²) in [5, 5.41) is 10.2. The number of hydrogen-bond donors (Lipinski definition) is 2. The zero-order chi connectivity index (χ0) is 14.7. The average molecular weight is 289 g/mol. The SMILES string of the molecule is O=C(C(O)c1cnc[nH]1)N1CCCCCC1c1ccco1. The van der Waals surface area contributed by atoms with E-state index in [1.54, 1.807) is 11.2 Å². The topological polar surface area (TPSA) is 82.4 Å². The second kappa shape index (κ2) is 6.13. The van der Waals surface area contributed by atoms with Crippen molar-refractivity contribution in [3.63, 3.8) is 0 Å². The number of carbonyl (C=O) groups excluding carboxylic acids is 1. The summed E-state index contributed by atoms with van der Waals surface area (Å²) < 4.78 is 5.48. The van der Waals surface area contributed by atoms with Gasteiger partial charge < -0.3 is 19.4 Å². The van der Waals surface area contributed by atoms with Gasteiger partial charge in [-0.3, -0.25) is 4.79 Å². The summed E-state index contributed by atoms with van der Waals surface area (Å²) in [7, 11) is 0. The number of imidazole rings is 1. The van der Waals surface area contributed by atoms with Gasteiger partial charge in [0.2, 0.25) is 0 Å². The van der Waals surface area contributed by atoms with Crippen LogP contribution in [-0.4, -0.2) is 32.4 Å². The fraction of sp³-hybridized carbons (Fsp3) is 0.467. The molecule has 1 amide bonds. The van der Waals surface area contributed by atoms with E-state index < -0.39 is 6.10 Å². The van der Waals surface area contributed by atoms with Gasteiger partial charge in [0.25, 0.3) is 5.91 Å². The lowest BCUT2D eigenvalue weighted by molar-refractivity contribution is -0.143. The van der Waals surface area contributed by atoms with Crippen molar-refractivity contribution in [3.05, 3.63) is 42.4 Å². The van der Waals surface area contributed by atoms with Crippen molar-refractivity contribution in [2.45, 2.75) is 37.8 Å². The number of H-pyrrole nitrogens is 1. The second-order valence-corrected chi connectivity index (χ2v) is 5.32. The molecule has 1 aliphatic heterocycles. The third kappa shape index (κ3) is 2.85. The van der Waals surface area contributed by atoms with E-state index in [1.165, 1.54) is 12.5 Å². The Labute approximate surface area is 122 Å². The summed E-state index contributed by atoms with van der Waals surface area (Å²) in [4.78, 5) is 21.0. The van der Waals surface area contributed by atoms with Gasteiger partial charge in [-0.2, -0.15) is 0 Å². The van der Waals surface area contributed by atoms with Crippen molar-refractivity contribution in [1.82, 2.24) is 14.9 Å². The summed E-state index contributed by atoms with van der Waals surface area (Å²) in [6.45, 7) is 0.634. The first-order valence-electron chi connectivity index (χ1n) is 7.27. The fourth-order valence-electron chi connectivity index (χ4n) is 2.86. The molecule has 2 unspecified atom stereocenters. The summed E-state index contributed by atoms with van der Waals surface area (Å²) in [5.74, 6) is 0.476. The number of rotatable bonds is 3. The van der Waals surface area contributed by atoms with E-state index >= 15 is 0 Å². The molecule has 0 radical (unpaired) electrons. The number of likely N-dealkylation sites (tertiary alicyclic amines) is 1. The number of aromatic nitrogens is 2. The van der Waals surface area contributed by atoms with Crippen molar-refractivity contribution in [1.29, 1.82) is 0 Å². The van der Waals surface area contributed by atoms with Crippen LogP contribution in [0.25, 0.3) is 0 Å². The molecule has 6 nitrogen and oxygen atoms in total. The van der Waals surface area contributed by atoms with Gasteiger partial charge in [-0.05, 0) is 25.0 Å². The number of aliphatic hydroxyl groups is 1. The molecule has 1 saturated heterocycles. The number of nitrogens with one attached hydrogen (secondary N) is 1. The maximum atomic E-state index is 12.6. The molecule has 0 aromatic carbocycles. The minimum Gasteiger partial charge on any atom is -0.467 e. The molecule has 3 rings (SSSR count). The first-order valence-corrected chi connectivity index (χ1v) is 7.27. The van der Waals surface area contributed by atoms with Crippen LogP contribution in [0.15, 0.2) is 35.3 Å². The fourth-order valence-corrected chi connectivity index (χ4v) is 2.86. The molecule has 1 aliphatic rings. The molecule has 112 valence electrons. The van der Waals surface area contributed by atoms with E-state index in [0.29, 0.717) is 12.2 Å². The molecule has 0 bridgehead atoms. The number of hydrogen-bond acceptors (Lipinski definition) is 4. The molecular weight excluding hydrogens is 270 g/mol. The number of carbonyl (C=O) groups is 1. The zero-order valence-corrected chi connectivity index (χ0v) is 11.7. The Morgan fingerprint density at radius 1 is 1.48 bits per heavy atom. The summed E-state index contributed by atoms with van der Waals surface area (Å²) in [6, 6.07) is 3.61. The van der Waals surface area contributed by atoms with Gasteiger partial charge in [0, 0.05) is 6.54 Å². The number of nitrogens with zero attached hydrogens (tertiary/aromatic N) is 2. The highest BCUT2D eigenvalue weighted by Crippen LogP contribution is 2.32. The molecule has 21 heavy (non-hydrogen) atoms. The van der Waals surface area contributed by atoms with E-state index in [2.05, 4.69) is 9.97 Å². The average Bonchev–Trinajstić information content (AvgIpc) is 3.16. The van der Waals surface area contributed by atoms with E-state index in [0.717, 1.165) is 31.4 Å². The second-order valence-electron chi connectivity index (χ2n) is 5.32. The predicted molar refractivity (Wildman–Crippen MR) is 75.2 cm³/mol. The van der Waals surface area contributed by atoms with Gasteiger partial charge >= 0.3 is 0 Å². The van der Waals surface area contributed by atoms with Crippen LogP contribution < -0.4 is 0 Å². The summed E-state index contributed by atoms with van der Waals surface area (Å²) in [6.07, 6.45) is 7.28. The summed E-state index contributed by atoms with van der Waals surface area (Å²) in [5.41, 5.74) is 0.419. The van der Waals surface area contributed by atoms with E-state index in [-0.39, 0.29) is 11.9 Å². The highest BCUT2D eigenvalue weighted by atomic mass is 16.3. The van der Waals surface area contributed by atoms with E-state index in [9.17, 15) is 9.90 Å². The molecular formula is C15H19N3O3. The Morgan fingerprint density at radius 2 is 2.38 bits per heavy atom. The van der Waals surface area contributed by atoms with Crippen molar-refractivity contribution in [2.75, 3.05) is 6.54 Å². The van der Waals surface area contributed by atoms with Crippen molar-refractivity contribution < 1.29 is 14.3 Å². The van der Waals surface area contributed by atoms with Crippen molar-refractivity contribution in [2.24, 2.45) is 0 Å². The number of amides is 1. The van der Waals surface area contributed by atoms with Crippen LogP contribution in [0.4, 0.5) is 0 Å². The molecule has 2 aromatic heterocycles. The van der Waals surface area contributed by atoms with Crippen molar-refractivity contribution in [3.8, 4) is 0 Å². The predicted octanol–water partition coefficient (Wildman–Crippen LogP) is 2.18. The molecule has 2 aromatic rings. The molecule has 6 heteroatoms. The lowest BCUT2D eigenvalue weighted by atomic mass is 10.1. The lowest BCUT2D eigenvalue weighted by Crippen LogP contribution is -2.38. The lowest BCUT2D eigenvalue weighted by Gasteiger charge is -2.30. The Morgan fingerprint density at radius 3 is 3.10 bits per heavy atom. The van der Waals surface area contributed by atoms with Gasteiger partial charge in [0.1, 0.15) is 5.76 Å². The molecule has 0 aliphatic carbocycles. The zero-order valence-electron chi connectivity index (χ0n) is 11.7. The quantitative estimate of drug-likeness (QED) is 0.907.